The lowest BCUT2D eigenvalue weighted by molar-refractivity contribution is 0.0000721. The maximum Gasteiger partial charge on any atom is 0.226 e. The number of hydrogen-bond acceptors (Lipinski definition) is 3. The van der Waals surface area contributed by atoms with E-state index in [1.165, 1.54) is 37.7 Å². The lowest BCUT2D eigenvalue weighted by atomic mass is 9.85. The van der Waals surface area contributed by atoms with Gasteiger partial charge in [0.25, 0.3) is 0 Å². The first-order valence-corrected chi connectivity index (χ1v) is 8.80. The van der Waals surface area contributed by atoms with Crippen molar-refractivity contribution in [2.24, 2.45) is 5.92 Å². The van der Waals surface area contributed by atoms with Crippen LogP contribution < -0.4 is 0 Å². The molecule has 0 N–H and O–H groups in total. The molecule has 0 spiro atoms. The number of oxazole rings is 1. The summed E-state index contributed by atoms with van der Waals surface area (Å²) in [6, 6.07) is 8.27. The van der Waals surface area contributed by atoms with Crippen molar-refractivity contribution in [1.82, 2.24) is 4.98 Å². The molecule has 124 valence electrons. The molecule has 1 saturated carbocycles. The SMILES string of the molecule is CCC1CCCC(OCc2nc(-c3ccc(C)cc3)oc2C)C1. The Kier molecular flexibility index (Phi) is 5.16. The molecular weight excluding hydrogens is 286 g/mol. The van der Waals surface area contributed by atoms with Crippen molar-refractivity contribution in [2.75, 3.05) is 0 Å². The molecule has 3 nitrogen and oxygen atoms in total. The van der Waals surface area contributed by atoms with Gasteiger partial charge in [0, 0.05) is 5.56 Å². The first-order chi connectivity index (χ1) is 11.2. The number of rotatable bonds is 5. The zero-order chi connectivity index (χ0) is 16.2. The smallest absolute Gasteiger partial charge is 0.226 e. The van der Waals surface area contributed by atoms with E-state index in [2.05, 4.69) is 43.1 Å². The lowest BCUT2D eigenvalue weighted by Crippen LogP contribution is -2.22. The Morgan fingerprint density at radius 2 is 1.96 bits per heavy atom. The van der Waals surface area contributed by atoms with Crippen molar-refractivity contribution in [1.29, 1.82) is 0 Å². The fourth-order valence-electron chi connectivity index (χ4n) is 3.34. The van der Waals surface area contributed by atoms with E-state index in [-0.39, 0.29) is 0 Å². The van der Waals surface area contributed by atoms with Gasteiger partial charge in [-0.05, 0) is 44.7 Å². The molecule has 1 heterocycles. The van der Waals surface area contributed by atoms with Crippen LogP contribution in [-0.4, -0.2) is 11.1 Å². The van der Waals surface area contributed by atoms with Crippen LogP contribution in [-0.2, 0) is 11.3 Å². The maximum absolute atomic E-state index is 6.13. The normalized spacial score (nSPS) is 21.5. The zero-order valence-electron chi connectivity index (χ0n) is 14.5. The second-order valence-corrected chi connectivity index (χ2v) is 6.76. The molecule has 0 saturated heterocycles. The molecule has 1 aliphatic rings. The fraction of sp³-hybridized carbons (Fsp3) is 0.550. The van der Waals surface area contributed by atoms with Gasteiger partial charge < -0.3 is 9.15 Å². The number of ether oxygens (including phenoxy) is 1. The Morgan fingerprint density at radius 3 is 2.70 bits per heavy atom. The van der Waals surface area contributed by atoms with Crippen molar-refractivity contribution in [3.63, 3.8) is 0 Å². The molecule has 0 bridgehead atoms. The van der Waals surface area contributed by atoms with Gasteiger partial charge in [0.1, 0.15) is 11.5 Å². The summed E-state index contributed by atoms with van der Waals surface area (Å²) in [4.78, 5) is 4.64. The van der Waals surface area contributed by atoms with Gasteiger partial charge in [-0.15, -0.1) is 0 Å². The predicted octanol–water partition coefficient (Wildman–Crippen LogP) is 5.44. The van der Waals surface area contributed by atoms with E-state index in [0.29, 0.717) is 18.6 Å². The van der Waals surface area contributed by atoms with Gasteiger partial charge in [0.2, 0.25) is 5.89 Å². The molecule has 2 unspecified atom stereocenters. The standard InChI is InChI=1S/C20H27NO2/c1-4-16-6-5-7-18(12-16)22-13-19-15(3)23-20(21-19)17-10-8-14(2)9-11-17/h8-11,16,18H,4-7,12-13H2,1-3H3. The first kappa shape index (κ1) is 16.3. The third-order valence-corrected chi connectivity index (χ3v) is 4.96. The first-order valence-electron chi connectivity index (χ1n) is 8.80. The van der Waals surface area contributed by atoms with Crippen LogP contribution >= 0.6 is 0 Å². The van der Waals surface area contributed by atoms with Gasteiger partial charge in [0.05, 0.1) is 12.7 Å². The predicted molar refractivity (Wildman–Crippen MR) is 92.2 cm³/mol. The zero-order valence-corrected chi connectivity index (χ0v) is 14.5. The number of nitrogens with zero attached hydrogens (tertiary/aromatic N) is 1. The highest BCUT2D eigenvalue weighted by atomic mass is 16.5. The molecule has 1 aromatic carbocycles. The molecule has 3 rings (SSSR count). The number of hydrogen-bond donors (Lipinski definition) is 0. The van der Waals surface area contributed by atoms with E-state index in [0.717, 1.165) is 22.9 Å². The molecule has 0 aliphatic heterocycles. The van der Waals surface area contributed by atoms with Crippen molar-refractivity contribution < 1.29 is 9.15 Å². The molecular formula is C20H27NO2. The summed E-state index contributed by atoms with van der Waals surface area (Å²) in [5.74, 6) is 2.38. The van der Waals surface area contributed by atoms with Crippen molar-refractivity contribution in [3.8, 4) is 11.5 Å². The Bertz CT molecular complexity index is 630. The molecule has 1 fully saturated rings. The minimum Gasteiger partial charge on any atom is -0.441 e. The van der Waals surface area contributed by atoms with Gasteiger partial charge in [-0.3, -0.25) is 0 Å². The Hall–Kier alpha value is -1.61. The minimum absolute atomic E-state index is 0.382. The van der Waals surface area contributed by atoms with E-state index in [9.17, 15) is 0 Å². The largest absolute Gasteiger partial charge is 0.441 e. The fourth-order valence-corrected chi connectivity index (χ4v) is 3.34. The second kappa shape index (κ2) is 7.31. The van der Waals surface area contributed by atoms with Crippen LogP contribution in [0.4, 0.5) is 0 Å². The van der Waals surface area contributed by atoms with Gasteiger partial charge in [-0.25, -0.2) is 4.98 Å². The topological polar surface area (TPSA) is 35.3 Å². The quantitative estimate of drug-likeness (QED) is 0.737. The highest BCUT2D eigenvalue weighted by molar-refractivity contribution is 5.54. The Labute approximate surface area is 139 Å². The van der Waals surface area contributed by atoms with Gasteiger partial charge in [0.15, 0.2) is 0 Å². The lowest BCUT2D eigenvalue weighted by Gasteiger charge is -2.28. The summed E-state index contributed by atoms with van der Waals surface area (Å²) in [6.07, 6.45) is 6.66. The summed E-state index contributed by atoms with van der Waals surface area (Å²) in [5.41, 5.74) is 3.19. The van der Waals surface area contributed by atoms with E-state index >= 15 is 0 Å². The van der Waals surface area contributed by atoms with Gasteiger partial charge in [-0.2, -0.15) is 0 Å². The highest BCUT2D eigenvalue weighted by Gasteiger charge is 2.22. The average Bonchev–Trinajstić information content (AvgIpc) is 2.95. The molecule has 2 aromatic rings. The van der Waals surface area contributed by atoms with E-state index in [1.807, 2.05) is 6.92 Å². The highest BCUT2D eigenvalue weighted by Crippen LogP contribution is 2.29. The van der Waals surface area contributed by atoms with Crippen LogP contribution in [0.2, 0.25) is 0 Å². The monoisotopic (exact) mass is 313 g/mol. The molecule has 23 heavy (non-hydrogen) atoms. The molecule has 2 atom stereocenters. The second-order valence-electron chi connectivity index (χ2n) is 6.76. The molecule has 1 aromatic heterocycles. The number of aryl methyl sites for hydroxylation is 2. The van der Waals surface area contributed by atoms with Crippen molar-refractivity contribution in [3.05, 3.63) is 41.3 Å². The minimum atomic E-state index is 0.382. The molecule has 0 amide bonds. The van der Waals surface area contributed by atoms with Gasteiger partial charge >= 0.3 is 0 Å². The van der Waals surface area contributed by atoms with Gasteiger partial charge in [-0.1, -0.05) is 43.9 Å². The van der Waals surface area contributed by atoms with Crippen LogP contribution in [0.25, 0.3) is 11.5 Å². The third kappa shape index (κ3) is 4.03. The van der Waals surface area contributed by atoms with E-state index in [1.54, 1.807) is 0 Å². The van der Waals surface area contributed by atoms with Crippen LogP contribution in [0, 0.1) is 19.8 Å². The maximum atomic E-state index is 6.13. The number of benzene rings is 1. The van der Waals surface area contributed by atoms with Crippen LogP contribution in [0.15, 0.2) is 28.7 Å². The molecule has 1 aliphatic carbocycles. The third-order valence-electron chi connectivity index (χ3n) is 4.96. The van der Waals surface area contributed by atoms with Crippen LogP contribution in [0.3, 0.4) is 0 Å². The summed E-state index contributed by atoms with van der Waals surface area (Å²) in [5, 5.41) is 0. The summed E-state index contributed by atoms with van der Waals surface area (Å²) in [7, 11) is 0. The Balaban J connectivity index is 1.63. The summed E-state index contributed by atoms with van der Waals surface area (Å²) in [6.45, 7) is 6.89. The number of aromatic nitrogens is 1. The molecule has 3 heteroatoms. The van der Waals surface area contributed by atoms with E-state index < -0.39 is 0 Å². The Morgan fingerprint density at radius 1 is 1.17 bits per heavy atom. The van der Waals surface area contributed by atoms with Crippen molar-refractivity contribution in [2.45, 2.75) is 65.6 Å². The summed E-state index contributed by atoms with van der Waals surface area (Å²) < 4.78 is 12.0. The van der Waals surface area contributed by atoms with Crippen molar-refractivity contribution >= 4 is 0 Å². The van der Waals surface area contributed by atoms with E-state index in [4.69, 9.17) is 9.15 Å². The summed E-state index contributed by atoms with van der Waals surface area (Å²) >= 11 is 0. The van der Waals surface area contributed by atoms with Crippen LogP contribution in [0.5, 0.6) is 0 Å². The average molecular weight is 313 g/mol. The molecule has 0 radical (unpaired) electrons. The van der Waals surface area contributed by atoms with Crippen LogP contribution in [0.1, 0.15) is 56.0 Å².